The van der Waals surface area contributed by atoms with Gasteiger partial charge in [-0.1, -0.05) is 0 Å². The Morgan fingerprint density at radius 3 is 2.81 bits per heavy atom. The summed E-state index contributed by atoms with van der Waals surface area (Å²) in [6, 6.07) is 0.777. The highest BCUT2D eigenvalue weighted by Crippen LogP contribution is 2.16. The molecule has 0 bridgehead atoms. The lowest BCUT2D eigenvalue weighted by Crippen LogP contribution is -2.27. The van der Waals surface area contributed by atoms with Gasteiger partial charge in [-0.15, -0.1) is 0 Å². The van der Waals surface area contributed by atoms with Crippen LogP contribution in [-0.2, 0) is 9.53 Å². The standard InChI is InChI=1S/C13H25NO2/c1-12-6-5-9-14(12)8-3-4-10-16-11-7-13(2)15/h12H,3-11H2,1-2H3/t12-/m1/s1. The number of unbranched alkanes of at least 4 members (excludes halogenated alkanes) is 1. The molecule has 16 heavy (non-hydrogen) atoms. The minimum absolute atomic E-state index is 0.214. The number of hydrogen-bond acceptors (Lipinski definition) is 3. The van der Waals surface area contributed by atoms with Gasteiger partial charge in [-0.3, -0.25) is 4.79 Å². The van der Waals surface area contributed by atoms with Crippen molar-refractivity contribution in [2.75, 3.05) is 26.3 Å². The zero-order valence-electron chi connectivity index (χ0n) is 10.7. The highest BCUT2D eigenvalue weighted by molar-refractivity contribution is 5.75. The van der Waals surface area contributed by atoms with Gasteiger partial charge in [0.2, 0.25) is 0 Å². The first-order valence-corrected chi connectivity index (χ1v) is 6.51. The lowest BCUT2D eigenvalue weighted by molar-refractivity contribution is -0.118. The topological polar surface area (TPSA) is 29.5 Å². The van der Waals surface area contributed by atoms with Gasteiger partial charge in [-0.2, -0.15) is 0 Å². The second-order valence-corrected chi connectivity index (χ2v) is 4.80. The second kappa shape index (κ2) is 7.80. The fraction of sp³-hybridized carbons (Fsp3) is 0.923. The van der Waals surface area contributed by atoms with Crippen molar-refractivity contribution in [1.29, 1.82) is 0 Å². The van der Waals surface area contributed by atoms with E-state index in [2.05, 4.69) is 11.8 Å². The molecule has 0 amide bonds. The van der Waals surface area contributed by atoms with Gasteiger partial charge in [0.15, 0.2) is 0 Å². The molecular weight excluding hydrogens is 202 g/mol. The molecule has 0 N–H and O–H groups in total. The largest absolute Gasteiger partial charge is 0.381 e. The van der Waals surface area contributed by atoms with Crippen LogP contribution in [0.3, 0.4) is 0 Å². The van der Waals surface area contributed by atoms with E-state index < -0.39 is 0 Å². The summed E-state index contributed by atoms with van der Waals surface area (Å²) in [5.74, 6) is 0.214. The van der Waals surface area contributed by atoms with E-state index in [1.165, 1.54) is 32.4 Å². The van der Waals surface area contributed by atoms with Crippen molar-refractivity contribution in [3.8, 4) is 0 Å². The summed E-state index contributed by atoms with van der Waals surface area (Å²) in [6.45, 7) is 7.79. The van der Waals surface area contributed by atoms with Gasteiger partial charge in [-0.05, 0) is 52.6 Å². The van der Waals surface area contributed by atoms with E-state index in [4.69, 9.17) is 4.74 Å². The zero-order valence-corrected chi connectivity index (χ0v) is 10.7. The summed E-state index contributed by atoms with van der Waals surface area (Å²) in [5.41, 5.74) is 0. The van der Waals surface area contributed by atoms with E-state index in [0.29, 0.717) is 13.0 Å². The number of ether oxygens (including phenoxy) is 1. The van der Waals surface area contributed by atoms with Gasteiger partial charge in [0.05, 0.1) is 6.61 Å². The van der Waals surface area contributed by atoms with Gasteiger partial charge in [-0.25, -0.2) is 0 Å². The molecular formula is C13H25NO2. The molecule has 0 aromatic rings. The van der Waals surface area contributed by atoms with Gasteiger partial charge in [0, 0.05) is 19.1 Å². The molecule has 0 saturated carbocycles. The maximum absolute atomic E-state index is 10.7. The molecule has 0 unspecified atom stereocenters. The molecule has 1 aliphatic rings. The molecule has 0 aromatic heterocycles. The maximum atomic E-state index is 10.7. The van der Waals surface area contributed by atoms with E-state index in [9.17, 15) is 4.79 Å². The first kappa shape index (κ1) is 13.7. The molecule has 0 aliphatic carbocycles. The Kier molecular flexibility index (Phi) is 6.65. The lowest BCUT2D eigenvalue weighted by atomic mass is 10.2. The summed E-state index contributed by atoms with van der Waals surface area (Å²) in [4.78, 5) is 13.2. The van der Waals surface area contributed by atoms with Crippen LogP contribution in [-0.4, -0.2) is 43.0 Å². The molecule has 94 valence electrons. The molecule has 1 heterocycles. The fourth-order valence-corrected chi connectivity index (χ4v) is 2.16. The summed E-state index contributed by atoms with van der Waals surface area (Å²) in [7, 11) is 0. The highest BCUT2D eigenvalue weighted by atomic mass is 16.5. The van der Waals surface area contributed by atoms with E-state index in [-0.39, 0.29) is 5.78 Å². The van der Waals surface area contributed by atoms with Crippen LogP contribution in [0.15, 0.2) is 0 Å². The number of ketones is 1. The van der Waals surface area contributed by atoms with Crippen molar-refractivity contribution in [2.24, 2.45) is 0 Å². The Bertz CT molecular complexity index is 206. The maximum Gasteiger partial charge on any atom is 0.132 e. The van der Waals surface area contributed by atoms with Crippen LogP contribution in [0.25, 0.3) is 0 Å². The van der Waals surface area contributed by atoms with E-state index in [0.717, 1.165) is 19.1 Å². The van der Waals surface area contributed by atoms with Gasteiger partial charge < -0.3 is 9.64 Å². The average molecular weight is 227 g/mol. The smallest absolute Gasteiger partial charge is 0.132 e. The van der Waals surface area contributed by atoms with E-state index in [1.54, 1.807) is 6.92 Å². The number of carbonyl (C=O) groups is 1. The van der Waals surface area contributed by atoms with Crippen molar-refractivity contribution >= 4 is 5.78 Å². The first-order chi connectivity index (χ1) is 7.70. The van der Waals surface area contributed by atoms with E-state index >= 15 is 0 Å². The van der Waals surface area contributed by atoms with Gasteiger partial charge in [0.1, 0.15) is 5.78 Å². The third-order valence-corrected chi connectivity index (χ3v) is 3.27. The predicted octanol–water partition coefficient (Wildman–Crippen LogP) is 2.25. The van der Waals surface area contributed by atoms with Crippen LogP contribution in [0.4, 0.5) is 0 Å². The van der Waals surface area contributed by atoms with Crippen LogP contribution in [0.5, 0.6) is 0 Å². The SMILES string of the molecule is CC(=O)CCOCCCCN1CCC[C@H]1C. The number of likely N-dealkylation sites (tertiary alicyclic amines) is 1. The van der Waals surface area contributed by atoms with E-state index in [1.807, 2.05) is 0 Å². The first-order valence-electron chi connectivity index (χ1n) is 6.51. The fourth-order valence-electron chi connectivity index (χ4n) is 2.16. The molecule has 0 aromatic carbocycles. The molecule has 1 aliphatic heterocycles. The van der Waals surface area contributed by atoms with Crippen molar-refractivity contribution in [3.05, 3.63) is 0 Å². The van der Waals surface area contributed by atoms with Crippen molar-refractivity contribution in [1.82, 2.24) is 4.90 Å². The number of rotatable bonds is 8. The number of hydrogen-bond donors (Lipinski definition) is 0. The molecule has 3 nitrogen and oxygen atoms in total. The predicted molar refractivity (Wildman–Crippen MR) is 65.6 cm³/mol. The zero-order chi connectivity index (χ0) is 11.8. The van der Waals surface area contributed by atoms with Crippen molar-refractivity contribution in [3.63, 3.8) is 0 Å². The third kappa shape index (κ3) is 5.61. The summed E-state index contributed by atoms with van der Waals surface area (Å²) in [6.07, 6.45) is 5.60. The Morgan fingerprint density at radius 1 is 1.38 bits per heavy atom. The summed E-state index contributed by atoms with van der Waals surface area (Å²) < 4.78 is 5.40. The quantitative estimate of drug-likeness (QED) is 0.596. The van der Waals surface area contributed by atoms with Crippen LogP contribution < -0.4 is 0 Å². The molecule has 1 saturated heterocycles. The van der Waals surface area contributed by atoms with Gasteiger partial charge >= 0.3 is 0 Å². The second-order valence-electron chi connectivity index (χ2n) is 4.80. The number of nitrogens with zero attached hydrogens (tertiary/aromatic N) is 1. The molecule has 1 fully saturated rings. The highest BCUT2D eigenvalue weighted by Gasteiger charge is 2.18. The van der Waals surface area contributed by atoms with Crippen molar-refractivity contribution < 1.29 is 9.53 Å². The Hall–Kier alpha value is -0.410. The molecule has 1 atom stereocenters. The molecule has 0 radical (unpaired) electrons. The molecule has 0 spiro atoms. The van der Waals surface area contributed by atoms with Crippen LogP contribution in [0, 0.1) is 0 Å². The summed E-state index contributed by atoms with van der Waals surface area (Å²) in [5, 5.41) is 0. The minimum Gasteiger partial charge on any atom is -0.381 e. The minimum atomic E-state index is 0.214. The van der Waals surface area contributed by atoms with Gasteiger partial charge in [0.25, 0.3) is 0 Å². The average Bonchev–Trinajstić information content (AvgIpc) is 2.62. The van der Waals surface area contributed by atoms with Crippen molar-refractivity contribution in [2.45, 2.75) is 52.0 Å². The lowest BCUT2D eigenvalue weighted by Gasteiger charge is -2.20. The molecule has 1 rings (SSSR count). The Morgan fingerprint density at radius 2 is 2.19 bits per heavy atom. The van der Waals surface area contributed by atoms with Crippen LogP contribution in [0.2, 0.25) is 0 Å². The van der Waals surface area contributed by atoms with Crippen LogP contribution >= 0.6 is 0 Å². The Labute approximate surface area is 99.1 Å². The monoisotopic (exact) mass is 227 g/mol. The molecule has 3 heteroatoms. The normalized spacial score (nSPS) is 21.5. The summed E-state index contributed by atoms with van der Waals surface area (Å²) >= 11 is 0. The Balaban J connectivity index is 1.86. The third-order valence-electron chi connectivity index (χ3n) is 3.27. The number of Topliss-reactive ketones (excluding diaryl/α,β-unsaturated/α-hetero) is 1. The van der Waals surface area contributed by atoms with Crippen LogP contribution in [0.1, 0.15) is 46.0 Å². The number of carbonyl (C=O) groups excluding carboxylic acids is 1.